The molecule has 1 atom stereocenters. The monoisotopic (exact) mass is 314 g/mol. The van der Waals surface area contributed by atoms with Crippen LogP contribution in [-0.4, -0.2) is 43.9 Å². The number of nitrogens with one attached hydrogen (secondary N) is 1. The third kappa shape index (κ3) is 3.73. The van der Waals surface area contributed by atoms with Crippen LogP contribution < -0.4 is 10.1 Å². The van der Waals surface area contributed by atoms with E-state index >= 15 is 0 Å². The van der Waals surface area contributed by atoms with Gasteiger partial charge in [0, 0.05) is 25.2 Å². The topological polar surface area (TPSA) is 24.5 Å². The second-order valence-electron chi connectivity index (χ2n) is 6.40. The van der Waals surface area contributed by atoms with Crippen LogP contribution in [0.15, 0.2) is 24.3 Å². The molecule has 0 amide bonds. The fourth-order valence-electron chi connectivity index (χ4n) is 3.48. The van der Waals surface area contributed by atoms with Crippen molar-refractivity contribution < 1.29 is 17.9 Å². The van der Waals surface area contributed by atoms with Gasteiger partial charge in [0.2, 0.25) is 0 Å². The Kier molecular flexibility index (Phi) is 4.32. The van der Waals surface area contributed by atoms with Gasteiger partial charge in [-0.1, -0.05) is 18.2 Å². The lowest BCUT2D eigenvalue weighted by molar-refractivity contribution is -0.153. The standard InChI is InChI=1S/C16H21F3N2O/c17-16(18,19)12-22-14-4-2-1-3-13(14)9-21-8-6-15(11-21)5-7-20-10-15/h1-4,20H,5-12H2. The molecule has 0 radical (unpaired) electrons. The van der Waals surface area contributed by atoms with Crippen LogP contribution in [0, 0.1) is 5.41 Å². The summed E-state index contributed by atoms with van der Waals surface area (Å²) < 4.78 is 42.0. The van der Waals surface area contributed by atoms with E-state index in [1.807, 2.05) is 12.1 Å². The van der Waals surface area contributed by atoms with Crippen LogP contribution in [0.2, 0.25) is 0 Å². The number of ether oxygens (including phenoxy) is 1. The number of likely N-dealkylation sites (tertiary alicyclic amines) is 1. The Morgan fingerprint density at radius 3 is 2.77 bits per heavy atom. The molecule has 1 unspecified atom stereocenters. The van der Waals surface area contributed by atoms with E-state index in [0.29, 0.717) is 17.7 Å². The zero-order chi connectivity index (χ0) is 15.6. The summed E-state index contributed by atoms with van der Waals surface area (Å²) in [6.07, 6.45) is -1.96. The Hall–Kier alpha value is -1.27. The predicted molar refractivity (Wildman–Crippen MR) is 77.8 cm³/mol. The Balaban J connectivity index is 1.63. The molecular weight excluding hydrogens is 293 g/mol. The van der Waals surface area contributed by atoms with Crippen LogP contribution >= 0.6 is 0 Å². The minimum atomic E-state index is -4.31. The highest BCUT2D eigenvalue weighted by Crippen LogP contribution is 2.37. The zero-order valence-corrected chi connectivity index (χ0v) is 12.5. The van der Waals surface area contributed by atoms with E-state index in [2.05, 4.69) is 10.2 Å². The summed E-state index contributed by atoms with van der Waals surface area (Å²) in [5.41, 5.74) is 1.19. The third-order valence-corrected chi connectivity index (χ3v) is 4.61. The maximum absolute atomic E-state index is 12.3. The van der Waals surface area contributed by atoms with Gasteiger partial charge in [-0.25, -0.2) is 0 Å². The van der Waals surface area contributed by atoms with Crippen LogP contribution in [-0.2, 0) is 6.54 Å². The quantitative estimate of drug-likeness (QED) is 0.925. The summed E-state index contributed by atoms with van der Waals surface area (Å²) in [6.45, 7) is 3.53. The first-order chi connectivity index (χ1) is 10.5. The maximum atomic E-state index is 12.3. The first-order valence-electron chi connectivity index (χ1n) is 7.66. The molecule has 1 aromatic rings. The summed E-state index contributed by atoms with van der Waals surface area (Å²) >= 11 is 0. The van der Waals surface area contributed by atoms with E-state index in [1.54, 1.807) is 12.1 Å². The fraction of sp³-hybridized carbons (Fsp3) is 0.625. The van der Waals surface area contributed by atoms with Gasteiger partial charge >= 0.3 is 6.18 Å². The Morgan fingerprint density at radius 2 is 2.05 bits per heavy atom. The van der Waals surface area contributed by atoms with Gasteiger partial charge in [-0.05, 0) is 37.4 Å². The molecule has 0 aliphatic carbocycles. The predicted octanol–water partition coefficient (Wildman–Crippen LogP) is 2.81. The average Bonchev–Trinajstić information content (AvgIpc) is 3.08. The van der Waals surface area contributed by atoms with E-state index in [0.717, 1.165) is 38.2 Å². The largest absolute Gasteiger partial charge is 0.484 e. The molecular formula is C16H21F3N2O. The van der Waals surface area contributed by atoms with Gasteiger partial charge in [0.25, 0.3) is 0 Å². The van der Waals surface area contributed by atoms with Gasteiger partial charge in [0.15, 0.2) is 6.61 Å². The molecule has 0 aromatic heterocycles. The van der Waals surface area contributed by atoms with Gasteiger partial charge in [-0.3, -0.25) is 4.90 Å². The molecule has 6 heteroatoms. The summed E-state index contributed by atoms with van der Waals surface area (Å²) in [5, 5.41) is 3.41. The van der Waals surface area contributed by atoms with Crippen molar-refractivity contribution in [3.63, 3.8) is 0 Å². The van der Waals surface area contributed by atoms with E-state index in [1.165, 1.54) is 6.42 Å². The molecule has 2 heterocycles. The molecule has 2 saturated heterocycles. The van der Waals surface area contributed by atoms with Gasteiger partial charge < -0.3 is 10.1 Å². The van der Waals surface area contributed by atoms with Gasteiger partial charge in [-0.2, -0.15) is 13.2 Å². The van der Waals surface area contributed by atoms with Crippen LogP contribution in [0.1, 0.15) is 18.4 Å². The zero-order valence-electron chi connectivity index (χ0n) is 12.5. The average molecular weight is 314 g/mol. The van der Waals surface area contributed by atoms with Crippen LogP contribution in [0.3, 0.4) is 0 Å². The van der Waals surface area contributed by atoms with Crippen molar-refractivity contribution in [2.75, 3.05) is 32.8 Å². The second-order valence-corrected chi connectivity index (χ2v) is 6.40. The number of benzene rings is 1. The Morgan fingerprint density at radius 1 is 1.23 bits per heavy atom. The van der Waals surface area contributed by atoms with Crippen LogP contribution in [0.5, 0.6) is 5.75 Å². The maximum Gasteiger partial charge on any atom is 0.422 e. The van der Waals surface area contributed by atoms with Gasteiger partial charge in [0.05, 0.1) is 0 Å². The first kappa shape index (κ1) is 15.6. The molecule has 1 aromatic carbocycles. The number of para-hydroxylation sites is 1. The smallest absolute Gasteiger partial charge is 0.422 e. The van der Waals surface area contributed by atoms with Crippen molar-refractivity contribution >= 4 is 0 Å². The molecule has 0 saturated carbocycles. The molecule has 0 bridgehead atoms. The van der Waals surface area contributed by atoms with Crippen LogP contribution in [0.25, 0.3) is 0 Å². The number of nitrogens with zero attached hydrogens (tertiary/aromatic N) is 1. The second kappa shape index (κ2) is 6.08. The molecule has 1 N–H and O–H groups in total. The normalized spacial score (nSPS) is 26.0. The fourth-order valence-corrected chi connectivity index (χ4v) is 3.48. The van der Waals surface area contributed by atoms with E-state index in [4.69, 9.17) is 4.74 Å². The Labute approximate surface area is 128 Å². The molecule has 2 aliphatic rings. The number of hydrogen-bond acceptors (Lipinski definition) is 3. The highest BCUT2D eigenvalue weighted by molar-refractivity contribution is 5.33. The van der Waals surface area contributed by atoms with Crippen molar-refractivity contribution in [2.45, 2.75) is 25.6 Å². The third-order valence-electron chi connectivity index (χ3n) is 4.61. The number of hydrogen-bond donors (Lipinski definition) is 1. The molecule has 3 nitrogen and oxygen atoms in total. The number of rotatable bonds is 4. The van der Waals surface area contributed by atoms with Crippen molar-refractivity contribution in [1.82, 2.24) is 10.2 Å². The van der Waals surface area contributed by atoms with Crippen LogP contribution in [0.4, 0.5) is 13.2 Å². The summed E-state index contributed by atoms with van der Waals surface area (Å²) in [4.78, 5) is 2.32. The van der Waals surface area contributed by atoms with Gasteiger partial charge in [-0.15, -0.1) is 0 Å². The van der Waals surface area contributed by atoms with Gasteiger partial charge in [0.1, 0.15) is 5.75 Å². The lowest BCUT2D eigenvalue weighted by atomic mass is 9.86. The highest BCUT2D eigenvalue weighted by atomic mass is 19.4. The SMILES string of the molecule is FC(F)(F)COc1ccccc1CN1CCC2(CCNC2)C1. The minimum absolute atomic E-state index is 0.338. The van der Waals surface area contributed by atoms with Crippen molar-refractivity contribution in [2.24, 2.45) is 5.41 Å². The summed E-state index contributed by atoms with van der Waals surface area (Å²) in [7, 11) is 0. The molecule has 2 aliphatic heterocycles. The summed E-state index contributed by atoms with van der Waals surface area (Å²) in [6, 6.07) is 7.02. The molecule has 22 heavy (non-hydrogen) atoms. The number of alkyl halides is 3. The first-order valence-corrected chi connectivity index (χ1v) is 7.66. The molecule has 3 rings (SSSR count). The molecule has 1 spiro atoms. The molecule has 2 fully saturated rings. The number of halogens is 3. The molecule has 122 valence electrons. The van der Waals surface area contributed by atoms with E-state index in [9.17, 15) is 13.2 Å². The van der Waals surface area contributed by atoms with Crippen molar-refractivity contribution in [1.29, 1.82) is 0 Å². The lowest BCUT2D eigenvalue weighted by Gasteiger charge is -2.23. The summed E-state index contributed by atoms with van der Waals surface area (Å²) in [5.74, 6) is 0.338. The lowest BCUT2D eigenvalue weighted by Crippen LogP contribution is -2.29. The highest BCUT2D eigenvalue weighted by Gasteiger charge is 2.40. The Bertz CT molecular complexity index is 512. The van der Waals surface area contributed by atoms with Crippen molar-refractivity contribution in [3.05, 3.63) is 29.8 Å². The van der Waals surface area contributed by atoms with E-state index < -0.39 is 12.8 Å². The minimum Gasteiger partial charge on any atom is -0.484 e. The van der Waals surface area contributed by atoms with Crippen molar-refractivity contribution in [3.8, 4) is 5.75 Å². The van der Waals surface area contributed by atoms with E-state index in [-0.39, 0.29) is 0 Å².